The summed E-state index contributed by atoms with van der Waals surface area (Å²) in [6, 6.07) is 9.94. The minimum absolute atomic E-state index is 0.207. The van der Waals surface area contributed by atoms with E-state index in [1.54, 1.807) is 31.2 Å². The topological polar surface area (TPSA) is 65.7 Å². The summed E-state index contributed by atoms with van der Waals surface area (Å²) in [7, 11) is 1.46. The molecule has 0 unspecified atom stereocenters. The summed E-state index contributed by atoms with van der Waals surface area (Å²) >= 11 is 0. The van der Waals surface area contributed by atoms with E-state index in [0.29, 0.717) is 27.7 Å². The van der Waals surface area contributed by atoms with Crippen molar-refractivity contribution < 1.29 is 18.7 Å². The Hall–Kier alpha value is -2.82. The largest absolute Gasteiger partial charge is 0.493 e. The molecule has 0 fully saturated rings. The molecule has 0 aliphatic rings. The molecule has 0 aliphatic carbocycles. The summed E-state index contributed by atoms with van der Waals surface area (Å²) in [5.74, 6) is -0.182. The monoisotopic (exact) mass is 298 g/mol. The molecule has 1 heterocycles. The fraction of sp³-hybridized carbons (Fsp3) is 0.176. The molecule has 0 N–H and O–H groups in total. The van der Waals surface area contributed by atoms with E-state index in [2.05, 4.69) is 0 Å². The molecule has 112 valence electrons. The maximum atomic E-state index is 12.6. The van der Waals surface area contributed by atoms with E-state index in [1.165, 1.54) is 19.2 Å². The highest BCUT2D eigenvalue weighted by Crippen LogP contribution is 2.29. The lowest BCUT2D eigenvalue weighted by Gasteiger charge is -2.09. The summed E-state index contributed by atoms with van der Waals surface area (Å²) < 4.78 is 16.0. The summed E-state index contributed by atoms with van der Waals surface area (Å²) in [5, 5.41) is 0.749. The van der Waals surface area contributed by atoms with Crippen molar-refractivity contribution in [2.45, 2.75) is 6.92 Å². The molecule has 0 radical (unpaired) electrons. The van der Waals surface area contributed by atoms with E-state index in [-0.39, 0.29) is 17.6 Å². The number of benzene rings is 2. The SMILES string of the molecule is CCOC(=O)c1cc(OC)c2oc3ccccc3c(=O)c2c1. The number of carbonyl (C=O) groups is 1. The molecule has 0 amide bonds. The quantitative estimate of drug-likeness (QED) is 0.549. The number of fused-ring (bicyclic) bond motifs is 2. The summed E-state index contributed by atoms with van der Waals surface area (Å²) in [5.41, 5.74) is 0.844. The van der Waals surface area contributed by atoms with Gasteiger partial charge in [-0.05, 0) is 31.2 Å². The highest BCUT2D eigenvalue weighted by molar-refractivity contribution is 5.99. The lowest BCUT2D eigenvalue weighted by Crippen LogP contribution is -2.08. The molecule has 0 spiro atoms. The molecule has 0 saturated carbocycles. The zero-order chi connectivity index (χ0) is 15.7. The van der Waals surface area contributed by atoms with Gasteiger partial charge >= 0.3 is 5.97 Å². The van der Waals surface area contributed by atoms with Crippen molar-refractivity contribution in [1.29, 1.82) is 0 Å². The second-order valence-corrected chi connectivity index (χ2v) is 4.70. The molecule has 3 aromatic rings. The second kappa shape index (κ2) is 5.52. The number of methoxy groups -OCH3 is 1. The standard InChI is InChI=1S/C17H14O5/c1-3-21-17(19)10-8-12-15(18)11-6-4-5-7-13(11)22-16(12)14(9-10)20-2/h4-9H,3H2,1-2H3. The van der Waals surface area contributed by atoms with Crippen LogP contribution in [0.25, 0.3) is 21.9 Å². The third kappa shape index (κ3) is 2.20. The Kier molecular flexibility index (Phi) is 3.55. The number of ether oxygens (including phenoxy) is 2. The van der Waals surface area contributed by atoms with E-state index in [0.717, 1.165) is 0 Å². The molecule has 0 bridgehead atoms. The maximum Gasteiger partial charge on any atom is 0.338 e. The van der Waals surface area contributed by atoms with Gasteiger partial charge in [0, 0.05) is 0 Å². The number of hydrogen-bond donors (Lipinski definition) is 0. The number of para-hydroxylation sites is 1. The van der Waals surface area contributed by atoms with Gasteiger partial charge in [0.05, 0.1) is 30.1 Å². The van der Waals surface area contributed by atoms with Gasteiger partial charge in [-0.1, -0.05) is 12.1 Å². The van der Waals surface area contributed by atoms with Crippen molar-refractivity contribution in [2.75, 3.05) is 13.7 Å². The zero-order valence-electron chi connectivity index (χ0n) is 12.2. The van der Waals surface area contributed by atoms with Crippen LogP contribution in [0.15, 0.2) is 45.6 Å². The van der Waals surface area contributed by atoms with Gasteiger partial charge in [-0.2, -0.15) is 0 Å². The normalized spacial score (nSPS) is 10.8. The van der Waals surface area contributed by atoms with Crippen LogP contribution in [0.1, 0.15) is 17.3 Å². The Morgan fingerprint density at radius 2 is 1.95 bits per heavy atom. The van der Waals surface area contributed by atoms with Crippen LogP contribution in [0, 0.1) is 0 Å². The molecule has 22 heavy (non-hydrogen) atoms. The Bertz CT molecular complexity index is 923. The first-order valence-electron chi connectivity index (χ1n) is 6.86. The van der Waals surface area contributed by atoms with Gasteiger partial charge in [0.2, 0.25) is 5.43 Å². The average molecular weight is 298 g/mol. The third-order valence-corrected chi connectivity index (χ3v) is 3.37. The van der Waals surface area contributed by atoms with Crippen molar-refractivity contribution in [1.82, 2.24) is 0 Å². The molecule has 0 saturated heterocycles. The Labute approximate surface area is 126 Å². The van der Waals surface area contributed by atoms with Gasteiger partial charge in [0.25, 0.3) is 0 Å². The summed E-state index contributed by atoms with van der Waals surface area (Å²) in [6.45, 7) is 1.98. The molecule has 1 aromatic heterocycles. The highest BCUT2D eigenvalue weighted by atomic mass is 16.5. The average Bonchev–Trinajstić information content (AvgIpc) is 2.54. The van der Waals surface area contributed by atoms with Crippen molar-refractivity contribution in [3.63, 3.8) is 0 Å². The second-order valence-electron chi connectivity index (χ2n) is 4.70. The van der Waals surface area contributed by atoms with Gasteiger partial charge in [-0.3, -0.25) is 4.79 Å². The maximum absolute atomic E-state index is 12.6. The first kappa shape index (κ1) is 14.1. The molecule has 5 heteroatoms. The Balaban J connectivity index is 2.38. The van der Waals surface area contributed by atoms with Crippen LogP contribution in [-0.2, 0) is 4.74 Å². The van der Waals surface area contributed by atoms with Gasteiger partial charge in [-0.25, -0.2) is 4.79 Å². The third-order valence-electron chi connectivity index (χ3n) is 3.37. The minimum Gasteiger partial charge on any atom is -0.493 e. The van der Waals surface area contributed by atoms with E-state index >= 15 is 0 Å². The van der Waals surface area contributed by atoms with Gasteiger partial charge in [-0.15, -0.1) is 0 Å². The first-order valence-corrected chi connectivity index (χ1v) is 6.86. The number of hydrogen-bond acceptors (Lipinski definition) is 5. The molecule has 0 aliphatic heterocycles. The molecular formula is C17H14O5. The predicted octanol–water partition coefficient (Wildman–Crippen LogP) is 3.13. The van der Waals surface area contributed by atoms with Crippen LogP contribution < -0.4 is 10.2 Å². The van der Waals surface area contributed by atoms with Crippen molar-refractivity contribution in [3.8, 4) is 5.75 Å². The van der Waals surface area contributed by atoms with Crippen molar-refractivity contribution in [2.24, 2.45) is 0 Å². The zero-order valence-corrected chi connectivity index (χ0v) is 12.2. The number of rotatable bonds is 3. The van der Waals surface area contributed by atoms with Crippen LogP contribution >= 0.6 is 0 Å². The smallest absolute Gasteiger partial charge is 0.338 e. The molecule has 3 rings (SSSR count). The number of esters is 1. The van der Waals surface area contributed by atoms with Crippen LogP contribution in [-0.4, -0.2) is 19.7 Å². The summed E-state index contributed by atoms with van der Waals surface area (Å²) in [4.78, 5) is 24.5. The molecule has 0 atom stereocenters. The number of carbonyl (C=O) groups excluding carboxylic acids is 1. The Morgan fingerprint density at radius 1 is 1.18 bits per heavy atom. The van der Waals surface area contributed by atoms with E-state index in [1.807, 2.05) is 0 Å². The fourth-order valence-corrected chi connectivity index (χ4v) is 2.36. The lowest BCUT2D eigenvalue weighted by molar-refractivity contribution is 0.0526. The van der Waals surface area contributed by atoms with Crippen LogP contribution in [0.4, 0.5) is 0 Å². The van der Waals surface area contributed by atoms with Crippen molar-refractivity contribution in [3.05, 3.63) is 52.2 Å². The minimum atomic E-state index is -0.504. The van der Waals surface area contributed by atoms with E-state index in [4.69, 9.17) is 13.9 Å². The fourth-order valence-electron chi connectivity index (χ4n) is 2.36. The van der Waals surface area contributed by atoms with Gasteiger partial charge in [0.15, 0.2) is 11.3 Å². The van der Waals surface area contributed by atoms with Crippen LogP contribution in [0.3, 0.4) is 0 Å². The molecule has 2 aromatic carbocycles. The van der Waals surface area contributed by atoms with Gasteiger partial charge in [0.1, 0.15) is 5.58 Å². The Morgan fingerprint density at radius 3 is 2.68 bits per heavy atom. The highest BCUT2D eigenvalue weighted by Gasteiger charge is 2.17. The molecular weight excluding hydrogens is 284 g/mol. The van der Waals surface area contributed by atoms with Crippen LogP contribution in [0.5, 0.6) is 5.75 Å². The van der Waals surface area contributed by atoms with Crippen molar-refractivity contribution >= 4 is 27.9 Å². The predicted molar refractivity (Wildman–Crippen MR) is 82.5 cm³/mol. The van der Waals surface area contributed by atoms with Gasteiger partial charge < -0.3 is 13.9 Å². The van der Waals surface area contributed by atoms with Crippen LogP contribution in [0.2, 0.25) is 0 Å². The summed E-state index contributed by atoms with van der Waals surface area (Å²) in [6.07, 6.45) is 0. The van der Waals surface area contributed by atoms with E-state index < -0.39 is 5.97 Å². The molecule has 5 nitrogen and oxygen atoms in total. The first-order chi connectivity index (χ1) is 10.7. The lowest BCUT2D eigenvalue weighted by atomic mass is 10.1. The van der Waals surface area contributed by atoms with E-state index in [9.17, 15) is 9.59 Å².